The molecule has 5 nitrogen and oxygen atoms in total. The molecule has 17 heavy (non-hydrogen) atoms. The van der Waals surface area contributed by atoms with Crippen molar-refractivity contribution >= 4 is 5.91 Å². The third-order valence-corrected chi connectivity index (χ3v) is 2.93. The van der Waals surface area contributed by atoms with Gasteiger partial charge in [0.05, 0.1) is 12.1 Å². The lowest BCUT2D eigenvalue weighted by molar-refractivity contribution is 0.0885. The van der Waals surface area contributed by atoms with E-state index < -0.39 is 0 Å². The van der Waals surface area contributed by atoms with Gasteiger partial charge in [0.15, 0.2) is 0 Å². The second-order valence-electron chi connectivity index (χ2n) is 4.57. The normalized spacial score (nSPS) is 23.6. The number of rotatable bonds is 3. The standard InChI is InChI=1S/C12H17N3O2/c1-12(4-5-17-8-12)15-11(16)10-3-2-9(6-13)7-14-10/h2-3,7H,4-6,8,13H2,1H3,(H,15,16). The van der Waals surface area contributed by atoms with E-state index in [0.29, 0.717) is 25.5 Å². The highest BCUT2D eigenvalue weighted by Gasteiger charge is 2.31. The van der Waals surface area contributed by atoms with Gasteiger partial charge < -0.3 is 15.8 Å². The smallest absolute Gasteiger partial charge is 0.270 e. The van der Waals surface area contributed by atoms with E-state index in [2.05, 4.69) is 10.3 Å². The van der Waals surface area contributed by atoms with Crippen LogP contribution in [0.25, 0.3) is 0 Å². The molecule has 0 bridgehead atoms. The fourth-order valence-corrected chi connectivity index (χ4v) is 1.78. The van der Waals surface area contributed by atoms with Gasteiger partial charge in [-0.2, -0.15) is 0 Å². The molecule has 1 amide bonds. The van der Waals surface area contributed by atoms with Gasteiger partial charge in [0, 0.05) is 19.3 Å². The van der Waals surface area contributed by atoms with E-state index in [-0.39, 0.29) is 11.4 Å². The quantitative estimate of drug-likeness (QED) is 0.797. The molecule has 1 aliphatic heterocycles. The SMILES string of the molecule is CC1(NC(=O)c2ccc(CN)cn2)CCOC1. The number of ether oxygens (including phenoxy) is 1. The van der Waals surface area contributed by atoms with Crippen molar-refractivity contribution in [2.45, 2.75) is 25.4 Å². The second kappa shape index (κ2) is 4.81. The van der Waals surface area contributed by atoms with E-state index in [1.807, 2.05) is 13.0 Å². The number of carbonyl (C=O) groups is 1. The lowest BCUT2D eigenvalue weighted by Crippen LogP contribution is -2.46. The topological polar surface area (TPSA) is 77.2 Å². The Kier molecular flexibility index (Phi) is 3.40. The first kappa shape index (κ1) is 12.0. The highest BCUT2D eigenvalue weighted by atomic mass is 16.5. The van der Waals surface area contributed by atoms with Crippen LogP contribution in [-0.2, 0) is 11.3 Å². The molecule has 1 aromatic rings. The average Bonchev–Trinajstić information content (AvgIpc) is 2.76. The van der Waals surface area contributed by atoms with Gasteiger partial charge in [-0.25, -0.2) is 0 Å². The van der Waals surface area contributed by atoms with Gasteiger partial charge in [0.25, 0.3) is 5.91 Å². The van der Waals surface area contributed by atoms with Crippen molar-refractivity contribution in [2.24, 2.45) is 5.73 Å². The second-order valence-corrected chi connectivity index (χ2v) is 4.57. The van der Waals surface area contributed by atoms with Crippen LogP contribution >= 0.6 is 0 Å². The van der Waals surface area contributed by atoms with E-state index in [0.717, 1.165) is 12.0 Å². The lowest BCUT2D eigenvalue weighted by Gasteiger charge is -2.23. The van der Waals surface area contributed by atoms with E-state index in [1.165, 1.54) is 0 Å². The zero-order chi connectivity index (χ0) is 12.3. The molecule has 0 saturated carbocycles. The molecule has 1 saturated heterocycles. The summed E-state index contributed by atoms with van der Waals surface area (Å²) in [5, 5.41) is 2.95. The van der Waals surface area contributed by atoms with Gasteiger partial charge in [-0.3, -0.25) is 9.78 Å². The maximum atomic E-state index is 11.9. The molecule has 0 radical (unpaired) electrons. The van der Waals surface area contributed by atoms with Gasteiger partial charge in [0.2, 0.25) is 0 Å². The zero-order valence-electron chi connectivity index (χ0n) is 9.90. The molecule has 0 aromatic carbocycles. The molecular weight excluding hydrogens is 218 g/mol. The van der Waals surface area contributed by atoms with Crippen LogP contribution in [0.15, 0.2) is 18.3 Å². The number of nitrogens with two attached hydrogens (primary N) is 1. The number of aromatic nitrogens is 1. The molecule has 92 valence electrons. The number of nitrogens with zero attached hydrogens (tertiary/aromatic N) is 1. The molecule has 5 heteroatoms. The first-order valence-corrected chi connectivity index (χ1v) is 5.68. The summed E-state index contributed by atoms with van der Waals surface area (Å²) in [4.78, 5) is 16.0. The summed E-state index contributed by atoms with van der Waals surface area (Å²) in [6.45, 7) is 3.66. The minimum Gasteiger partial charge on any atom is -0.379 e. The van der Waals surface area contributed by atoms with E-state index >= 15 is 0 Å². The Morgan fingerprint density at radius 2 is 2.47 bits per heavy atom. The van der Waals surface area contributed by atoms with Gasteiger partial charge in [-0.1, -0.05) is 6.07 Å². The molecule has 1 aliphatic rings. The number of hydrogen-bond acceptors (Lipinski definition) is 4. The molecule has 3 N–H and O–H groups in total. The number of nitrogens with one attached hydrogen (secondary N) is 1. The fourth-order valence-electron chi connectivity index (χ4n) is 1.78. The van der Waals surface area contributed by atoms with Gasteiger partial charge in [-0.05, 0) is 25.0 Å². The van der Waals surface area contributed by atoms with Crippen LogP contribution in [-0.4, -0.2) is 29.6 Å². The maximum Gasteiger partial charge on any atom is 0.270 e. The molecule has 0 spiro atoms. The highest BCUT2D eigenvalue weighted by Crippen LogP contribution is 2.17. The lowest BCUT2D eigenvalue weighted by atomic mass is 10.0. The van der Waals surface area contributed by atoms with Crippen molar-refractivity contribution < 1.29 is 9.53 Å². The van der Waals surface area contributed by atoms with E-state index in [1.54, 1.807) is 12.3 Å². The monoisotopic (exact) mass is 235 g/mol. The summed E-state index contributed by atoms with van der Waals surface area (Å²) in [7, 11) is 0. The molecule has 2 rings (SSSR count). The van der Waals surface area contributed by atoms with Crippen LogP contribution in [0, 0.1) is 0 Å². The van der Waals surface area contributed by atoms with Crippen molar-refractivity contribution in [3.8, 4) is 0 Å². The molecule has 1 atom stereocenters. The Balaban J connectivity index is 2.03. The van der Waals surface area contributed by atoms with Gasteiger partial charge in [-0.15, -0.1) is 0 Å². The highest BCUT2D eigenvalue weighted by molar-refractivity contribution is 5.92. The number of amides is 1. The van der Waals surface area contributed by atoms with Gasteiger partial charge >= 0.3 is 0 Å². The molecule has 0 aliphatic carbocycles. The fraction of sp³-hybridized carbons (Fsp3) is 0.500. The minimum absolute atomic E-state index is 0.165. The van der Waals surface area contributed by atoms with Crippen LogP contribution < -0.4 is 11.1 Å². The van der Waals surface area contributed by atoms with E-state index in [9.17, 15) is 4.79 Å². The number of carbonyl (C=O) groups excluding carboxylic acids is 1. The maximum absolute atomic E-state index is 11.9. The summed E-state index contributed by atoms with van der Waals surface area (Å²) in [6, 6.07) is 3.51. The molecule has 1 unspecified atom stereocenters. The minimum atomic E-state index is -0.273. The van der Waals surface area contributed by atoms with Crippen molar-refractivity contribution in [1.82, 2.24) is 10.3 Å². The Morgan fingerprint density at radius 3 is 3.00 bits per heavy atom. The molecule has 1 fully saturated rings. The zero-order valence-corrected chi connectivity index (χ0v) is 9.90. The molecule has 1 aromatic heterocycles. The Bertz CT molecular complexity index is 397. The summed E-state index contributed by atoms with van der Waals surface area (Å²) < 4.78 is 5.28. The third-order valence-electron chi connectivity index (χ3n) is 2.93. The van der Waals surface area contributed by atoms with E-state index in [4.69, 9.17) is 10.5 Å². The van der Waals surface area contributed by atoms with Crippen LogP contribution in [0.2, 0.25) is 0 Å². The predicted octanol–water partition coefficient (Wildman–Crippen LogP) is 0.449. The van der Waals surface area contributed by atoms with Crippen LogP contribution in [0.4, 0.5) is 0 Å². The van der Waals surface area contributed by atoms with Crippen LogP contribution in [0.5, 0.6) is 0 Å². The summed E-state index contributed by atoms with van der Waals surface area (Å²) in [5.74, 6) is -0.165. The van der Waals surface area contributed by atoms with Crippen molar-refractivity contribution in [2.75, 3.05) is 13.2 Å². The summed E-state index contributed by atoms with van der Waals surface area (Å²) >= 11 is 0. The van der Waals surface area contributed by atoms with Crippen molar-refractivity contribution in [3.63, 3.8) is 0 Å². The average molecular weight is 235 g/mol. The number of hydrogen-bond donors (Lipinski definition) is 2. The predicted molar refractivity (Wildman–Crippen MR) is 63.4 cm³/mol. The van der Waals surface area contributed by atoms with Crippen LogP contribution in [0.3, 0.4) is 0 Å². The first-order chi connectivity index (χ1) is 8.13. The summed E-state index contributed by atoms with van der Waals surface area (Å²) in [5.41, 5.74) is 6.53. The first-order valence-electron chi connectivity index (χ1n) is 5.68. The van der Waals surface area contributed by atoms with Crippen molar-refractivity contribution in [1.29, 1.82) is 0 Å². The van der Waals surface area contributed by atoms with Gasteiger partial charge in [0.1, 0.15) is 5.69 Å². The van der Waals surface area contributed by atoms with Crippen LogP contribution in [0.1, 0.15) is 29.4 Å². The Morgan fingerprint density at radius 1 is 1.65 bits per heavy atom. The Hall–Kier alpha value is -1.46. The largest absolute Gasteiger partial charge is 0.379 e. The third kappa shape index (κ3) is 2.81. The number of pyridine rings is 1. The molecule has 2 heterocycles. The summed E-state index contributed by atoms with van der Waals surface area (Å²) in [6.07, 6.45) is 2.46. The molecular formula is C12H17N3O2. The van der Waals surface area contributed by atoms with Crippen molar-refractivity contribution in [3.05, 3.63) is 29.6 Å². The Labute approximate surface area is 100 Å².